The van der Waals surface area contributed by atoms with Gasteiger partial charge in [-0.25, -0.2) is 4.79 Å². The molecule has 0 bridgehead atoms. The van der Waals surface area contributed by atoms with Crippen LogP contribution in [0.15, 0.2) is 18.2 Å². The monoisotopic (exact) mass is 306 g/mol. The predicted molar refractivity (Wildman–Crippen MR) is 84.4 cm³/mol. The van der Waals surface area contributed by atoms with Crippen molar-refractivity contribution in [3.8, 4) is 11.8 Å². The molecule has 0 radical (unpaired) electrons. The highest BCUT2D eigenvalue weighted by Crippen LogP contribution is 2.23. The minimum atomic E-state index is -0.240. The van der Waals surface area contributed by atoms with E-state index in [1.807, 2.05) is 0 Å². The van der Waals surface area contributed by atoms with Crippen LogP contribution in [0, 0.1) is 11.8 Å². The molecular weight excluding hydrogens is 288 g/mol. The van der Waals surface area contributed by atoms with Gasteiger partial charge in [-0.15, -0.1) is 0 Å². The van der Waals surface area contributed by atoms with Gasteiger partial charge < -0.3 is 15.7 Å². The fourth-order valence-electron chi connectivity index (χ4n) is 2.43. The summed E-state index contributed by atoms with van der Waals surface area (Å²) in [4.78, 5) is 12.0. The maximum Gasteiger partial charge on any atom is 0.319 e. The van der Waals surface area contributed by atoms with E-state index in [0.29, 0.717) is 16.3 Å². The van der Waals surface area contributed by atoms with Gasteiger partial charge in [0.2, 0.25) is 0 Å². The van der Waals surface area contributed by atoms with Gasteiger partial charge in [-0.2, -0.15) is 0 Å². The molecule has 0 spiro atoms. The molecule has 4 nitrogen and oxygen atoms in total. The Morgan fingerprint density at radius 1 is 1.33 bits per heavy atom. The number of carbonyl (C=O) groups is 1. The Labute approximate surface area is 129 Å². The van der Waals surface area contributed by atoms with Gasteiger partial charge in [0.25, 0.3) is 0 Å². The number of benzene rings is 1. The number of nitrogens with one attached hydrogen (secondary N) is 2. The number of aliphatic hydroxyl groups excluding tert-OH is 1. The van der Waals surface area contributed by atoms with E-state index < -0.39 is 0 Å². The van der Waals surface area contributed by atoms with Gasteiger partial charge in [0, 0.05) is 11.6 Å². The molecule has 1 saturated carbocycles. The third kappa shape index (κ3) is 4.96. The molecule has 1 aromatic carbocycles. The summed E-state index contributed by atoms with van der Waals surface area (Å²) in [7, 11) is 0. The van der Waals surface area contributed by atoms with Crippen molar-refractivity contribution >= 4 is 23.3 Å². The molecule has 0 unspecified atom stereocenters. The number of hydrogen-bond acceptors (Lipinski definition) is 2. The summed E-state index contributed by atoms with van der Waals surface area (Å²) in [5.74, 6) is 5.35. The third-order valence-electron chi connectivity index (χ3n) is 3.47. The standard InChI is InChI=1S/C16H19ClN2O2/c17-14-9-8-12(5-4-10-20)11-15(14)19-16(21)18-13-6-2-1-3-7-13/h8-9,11,13,20H,1-3,6-7,10H2,(H2,18,19,21). The number of amides is 2. The first-order valence-electron chi connectivity index (χ1n) is 7.16. The fourth-order valence-corrected chi connectivity index (χ4v) is 2.60. The summed E-state index contributed by atoms with van der Waals surface area (Å²) >= 11 is 6.08. The topological polar surface area (TPSA) is 61.4 Å². The number of rotatable bonds is 2. The molecule has 21 heavy (non-hydrogen) atoms. The lowest BCUT2D eigenvalue weighted by Crippen LogP contribution is -2.39. The summed E-state index contributed by atoms with van der Waals surface area (Å²) in [6, 6.07) is 5.13. The first-order valence-corrected chi connectivity index (χ1v) is 7.53. The van der Waals surface area contributed by atoms with E-state index in [1.165, 1.54) is 6.42 Å². The average molecular weight is 307 g/mol. The van der Waals surface area contributed by atoms with Crippen LogP contribution in [0.1, 0.15) is 37.7 Å². The molecule has 0 aliphatic heterocycles. The SMILES string of the molecule is O=C(Nc1cc(C#CCO)ccc1Cl)NC1CCCCC1. The molecule has 0 aromatic heterocycles. The zero-order chi connectivity index (χ0) is 15.1. The first-order chi connectivity index (χ1) is 10.2. The maximum absolute atomic E-state index is 12.0. The summed E-state index contributed by atoms with van der Waals surface area (Å²) in [6.45, 7) is -0.201. The highest BCUT2D eigenvalue weighted by Gasteiger charge is 2.16. The van der Waals surface area contributed by atoms with Crippen molar-refractivity contribution in [2.45, 2.75) is 38.1 Å². The van der Waals surface area contributed by atoms with Gasteiger partial charge in [-0.3, -0.25) is 0 Å². The second-order valence-corrected chi connectivity index (χ2v) is 5.50. The van der Waals surface area contributed by atoms with Crippen molar-refractivity contribution < 1.29 is 9.90 Å². The fraction of sp³-hybridized carbons (Fsp3) is 0.438. The van der Waals surface area contributed by atoms with Crippen molar-refractivity contribution in [1.82, 2.24) is 5.32 Å². The Bertz CT molecular complexity index is 557. The van der Waals surface area contributed by atoms with Crippen molar-refractivity contribution in [2.24, 2.45) is 0 Å². The summed E-state index contributed by atoms with van der Waals surface area (Å²) in [5.41, 5.74) is 1.22. The Hall–Kier alpha value is -1.70. The largest absolute Gasteiger partial charge is 0.384 e. The lowest BCUT2D eigenvalue weighted by Gasteiger charge is -2.23. The number of carbonyl (C=O) groups excluding carboxylic acids is 1. The van der Waals surface area contributed by atoms with Crippen LogP contribution in [0.5, 0.6) is 0 Å². The molecule has 112 valence electrons. The molecule has 0 heterocycles. The van der Waals surface area contributed by atoms with Gasteiger partial charge in [0.1, 0.15) is 6.61 Å². The van der Waals surface area contributed by atoms with Crippen molar-refractivity contribution in [1.29, 1.82) is 0 Å². The molecule has 0 atom stereocenters. The Balaban J connectivity index is 1.98. The number of urea groups is 1. The van der Waals surface area contributed by atoms with Gasteiger partial charge in [-0.05, 0) is 31.0 Å². The predicted octanol–water partition coefficient (Wildman–Crippen LogP) is 3.14. The second-order valence-electron chi connectivity index (χ2n) is 5.09. The Kier molecular flexibility index (Phi) is 5.91. The number of anilines is 1. The lowest BCUT2D eigenvalue weighted by atomic mass is 9.96. The van der Waals surface area contributed by atoms with Crippen molar-refractivity contribution in [2.75, 3.05) is 11.9 Å². The van der Waals surface area contributed by atoms with Gasteiger partial charge in [0.05, 0.1) is 10.7 Å². The minimum Gasteiger partial charge on any atom is -0.384 e. The van der Waals surface area contributed by atoms with Crippen LogP contribution in [0.2, 0.25) is 5.02 Å². The van der Waals surface area contributed by atoms with E-state index in [-0.39, 0.29) is 18.7 Å². The van der Waals surface area contributed by atoms with Gasteiger partial charge in [-0.1, -0.05) is 42.7 Å². The zero-order valence-electron chi connectivity index (χ0n) is 11.8. The Morgan fingerprint density at radius 3 is 2.81 bits per heavy atom. The number of hydrogen-bond donors (Lipinski definition) is 3. The van der Waals surface area contributed by atoms with Crippen LogP contribution in [-0.2, 0) is 0 Å². The van der Waals surface area contributed by atoms with Crippen LogP contribution in [0.25, 0.3) is 0 Å². The van der Waals surface area contributed by atoms with Crippen LogP contribution in [0.4, 0.5) is 10.5 Å². The maximum atomic E-state index is 12.0. The molecule has 2 amide bonds. The Morgan fingerprint density at radius 2 is 2.10 bits per heavy atom. The van der Waals surface area contributed by atoms with E-state index in [0.717, 1.165) is 25.7 Å². The van der Waals surface area contributed by atoms with Crippen molar-refractivity contribution in [3.05, 3.63) is 28.8 Å². The van der Waals surface area contributed by atoms with Crippen LogP contribution in [0.3, 0.4) is 0 Å². The molecule has 1 aliphatic rings. The first kappa shape index (κ1) is 15.7. The molecule has 0 saturated heterocycles. The van der Waals surface area contributed by atoms with Crippen molar-refractivity contribution in [3.63, 3.8) is 0 Å². The summed E-state index contributed by atoms with van der Waals surface area (Å²) in [5, 5.41) is 14.9. The van der Waals surface area contributed by atoms with E-state index in [4.69, 9.17) is 16.7 Å². The van der Waals surface area contributed by atoms with E-state index in [2.05, 4.69) is 22.5 Å². The van der Waals surface area contributed by atoms with Crippen LogP contribution >= 0.6 is 11.6 Å². The quantitative estimate of drug-likeness (QED) is 0.735. The second kappa shape index (κ2) is 7.92. The van der Waals surface area contributed by atoms with E-state index >= 15 is 0 Å². The summed E-state index contributed by atoms with van der Waals surface area (Å²) < 4.78 is 0. The van der Waals surface area contributed by atoms with Crippen LogP contribution in [-0.4, -0.2) is 23.8 Å². The zero-order valence-corrected chi connectivity index (χ0v) is 12.5. The third-order valence-corrected chi connectivity index (χ3v) is 3.80. The molecular formula is C16H19ClN2O2. The summed E-state index contributed by atoms with van der Waals surface area (Å²) in [6.07, 6.45) is 5.64. The van der Waals surface area contributed by atoms with Crippen LogP contribution < -0.4 is 10.6 Å². The molecule has 1 fully saturated rings. The molecule has 5 heteroatoms. The highest BCUT2D eigenvalue weighted by atomic mass is 35.5. The molecule has 3 N–H and O–H groups in total. The van der Waals surface area contributed by atoms with E-state index in [9.17, 15) is 4.79 Å². The highest BCUT2D eigenvalue weighted by molar-refractivity contribution is 6.33. The van der Waals surface area contributed by atoms with E-state index in [1.54, 1.807) is 18.2 Å². The normalized spacial score (nSPS) is 15.0. The molecule has 1 aliphatic carbocycles. The smallest absolute Gasteiger partial charge is 0.319 e. The van der Waals surface area contributed by atoms with Gasteiger partial charge in [0.15, 0.2) is 0 Å². The minimum absolute atomic E-state index is 0.201. The molecule has 2 rings (SSSR count). The number of aliphatic hydroxyl groups is 1. The average Bonchev–Trinajstić information content (AvgIpc) is 2.49. The molecule has 1 aromatic rings. The van der Waals surface area contributed by atoms with Gasteiger partial charge >= 0.3 is 6.03 Å². The number of halogens is 1. The lowest BCUT2D eigenvalue weighted by molar-refractivity contribution is 0.244.